The number of thiazole rings is 1. The summed E-state index contributed by atoms with van der Waals surface area (Å²) in [6.45, 7) is 2.05. The van der Waals surface area contributed by atoms with Crippen LogP contribution >= 0.6 is 11.3 Å². The Hall–Kier alpha value is -2.07. The lowest BCUT2D eigenvalue weighted by Gasteiger charge is -2.00. The number of aryl methyl sites for hydroxylation is 1. The molecule has 0 spiro atoms. The molecule has 2 aromatic heterocycles. The topological polar surface area (TPSA) is 38.1 Å². The smallest absolute Gasteiger partial charge is 0.230 e. The van der Waals surface area contributed by atoms with Gasteiger partial charge in [0.15, 0.2) is 0 Å². The van der Waals surface area contributed by atoms with E-state index in [0.29, 0.717) is 0 Å². The van der Waals surface area contributed by atoms with Gasteiger partial charge in [-0.2, -0.15) is 4.98 Å². The molecule has 0 radical (unpaired) electrons. The lowest BCUT2D eigenvalue weighted by molar-refractivity contribution is 0.459. The highest BCUT2D eigenvalue weighted by Gasteiger charge is 2.15. The van der Waals surface area contributed by atoms with Gasteiger partial charge in [0.25, 0.3) is 0 Å². The molecular weight excluding hydrogens is 256 g/mol. The van der Waals surface area contributed by atoms with E-state index in [1.54, 1.807) is 0 Å². The summed E-state index contributed by atoms with van der Waals surface area (Å²) in [7, 11) is 2.01. The molecule has 0 amide bonds. The van der Waals surface area contributed by atoms with Gasteiger partial charge in [-0.05, 0) is 24.6 Å². The fraction of sp³-hybridized carbons (Fsp3) is 0.133. The molecule has 3 nitrogen and oxygen atoms in total. The van der Waals surface area contributed by atoms with Crippen molar-refractivity contribution in [2.24, 2.45) is 7.05 Å². The number of benzene rings is 1. The zero-order valence-corrected chi connectivity index (χ0v) is 11.6. The molecule has 0 saturated carbocycles. The van der Waals surface area contributed by atoms with E-state index >= 15 is 0 Å². The first kappa shape index (κ1) is 12.0. The van der Waals surface area contributed by atoms with Gasteiger partial charge in [0.2, 0.25) is 5.88 Å². The first-order valence-corrected chi connectivity index (χ1v) is 6.86. The summed E-state index contributed by atoms with van der Waals surface area (Å²) in [6.07, 6.45) is 0. The second-order valence-electron chi connectivity index (χ2n) is 4.46. The van der Waals surface area contributed by atoms with Crippen LogP contribution in [0.25, 0.3) is 21.1 Å². The maximum Gasteiger partial charge on any atom is 0.230 e. The number of rotatable bonds is 2. The predicted octanol–water partition coefficient (Wildman–Crippen LogP) is 3.83. The minimum absolute atomic E-state index is 0.102. The Morgan fingerprint density at radius 3 is 2.47 bits per heavy atom. The molecule has 2 heterocycles. The van der Waals surface area contributed by atoms with Crippen LogP contribution in [0.5, 0.6) is 5.88 Å². The van der Waals surface area contributed by atoms with Crippen LogP contribution in [0.2, 0.25) is 0 Å². The molecule has 96 valence electrons. The zero-order valence-electron chi connectivity index (χ0n) is 10.8. The van der Waals surface area contributed by atoms with Crippen LogP contribution in [-0.2, 0) is 7.05 Å². The highest BCUT2D eigenvalue weighted by atomic mass is 32.1. The van der Waals surface area contributed by atoms with E-state index in [1.165, 1.54) is 17.0 Å². The summed E-state index contributed by atoms with van der Waals surface area (Å²) in [5.41, 5.74) is 3.20. The van der Waals surface area contributed by atoms with Crippen molar-refractivity contribution in [1.82, 2.24) is 9.55 Å². The molecular formula is C15H14N2OS. The fourth-order valence-corrected chi connectivity index (χ4v) is 3.05. The summed E-state index contributed by atoms with van der Waals surface area (Å²) in [5.74, 6) is 0.102. The molecule has 0 fully saturated rings. The summed E-state index contributed by atoms with van der Waals surface area (Å²) >= 11 is 1.51. The van der Waals surface area contributed by atoms with Crippen LogP contribution in [0.3, 0.4) is 0 Å². The van der Waals surface area contributed by atoms with Crippen LogP contribution in [0.4, 0.5) is 0 Å². The van der Waals surface area contributed by atoms with Crippen molar-refractivity contribution in [3.05, 3.63) is 48.2 Å². The molecule has 1 aromatic carbocycles. The van der Waals surface area contributed by atoms with Crippen molar-refractivity contribution in [3.8, 4) is 27.0 Å². The first-order chi connectivity index (χ1) is 9.16. The molecule has 4 heteroatoms. The van der Waals surface area contributed by atoms with Crippen molar-refractivity contribution >= 4 is 11.3 Å². The number of aromatic nitrogens is 2. The SMILES string of the molecule is Cc1ccc(-c2nc(O)c(-c3ccccc3)s2)n1C. The molecule has 1 N–H and O–H groups in total. The van der Waals surface area contributed by atoms with Crippen LogP contribution in [0.1, 0.15) is 5.69 Å². The monoisotopic (exact) mass is 270 g/mol. The maximum atomic E-state index is 10.0. The highest BCUT2D eigenvalue weighted by Crippen LogP contribution is 2.39. The van der Waals surface area contributed by atoms with E-state index in [0.717, 1.165) is 21.1 Å². The van der Waals surface area contributed by atoms with Gasteiger partial charge >= 0.3 is 0 Å². The van der Waals surface area contributed by atoms with Gasteiger partial charge in [-0.1, -0.05) is 30.3 Å². The Bertz CT molecular complexity index is 713. The van der Waals surface area contributed by atoms with Gasteiger partial charge in [-0.15, -0.1) is 11.3 Å². The van der Waals surface area contributed by atoms with Gasteiger partial charge in [0.05, 0.1) is 10.6 Å². The molecule has 3 aromatic rings. The van der Waals surface area contributed by atoms with Gasteiger partial charge in [-0.3, -0.25) is 0 Å². The van der Waals surface area contributed by atoms with Crippen molar-refractivity contribution in [3.63, 3.8) is 0 Å². The largest absolute Gasteiger partial charge is 0.492 e. The average Bonchev–Trinajstić information content (AvgIpc) is 2.95. The van der Waals surface area contributed by atoms with Crippen LogP contribution in [-0.4, -0.2) is 14.7 Å². The molecule has 0 saturated heterocycles. The Morgan fingerprint density at radius 2 is 1.84 bits per heavy atom. The third kappa shape index (κ3) is 2.04. The van der Waals surface area contributed by atoms with Gasteiger partial charge in [-0.25, -0.2) is 0 Å². The number of hydrogen-bond acceptors (Lipinski definition) is 3. The fourth-order valence-electron chi connectivity index (χ4n) is 2.03. The Kier molecular flexibility index (Phi) is 2.87. The van der Waals surface area contributed by atoms with E-state index in [-0.39, 0.29) is 5.88 Å². The van der Waals surface area contributed by atoms with Crippen LogP contribution < -0.4 is 0 Å². The lowest BCUT2D eigenvalue weighted by Crippen LogP contribution is -1.92. The molecule has 3 rings (SSSR count). The third-order valence-corrected chi connectivity index (χ3v) is 4.35. The van der Waals surface area contributed by atoms with E-state index in [2.05, 4.69) is 22.5 Å². The summed E-state index contributed by atoms with van der Waals surface area (Å²) in [5, 5.41) is 10.9. The van der Waals surface area contributed by atoms with Crippen LogP contribution in [0.15, 0.2) is 42.5 Å². The number of aromatic hydroxyl groups is 1. The molecule has 19 heavy (non-hydrogen) atoms. The van der Waals surface area contributed by atoms with E-state index in [9.17, 15) is 5.11 Å². The van der Waals surface area contributed by atoms with E-state index in [1.807, 2.05) is 43.4 Å². The number of nitrogens with zero attached hydrogens (tertiary/aromatic N) is 2. The standard InChI is InChI=1S/C15H14N2OS/c1-10-8-9-12(17(10)2)15-16-14(18)13(19-15)11-6-4-3-5-7-11/h3-9,18H,1-2H3. The minimum atomic E-state index is 0.102. The zero-order chi connectivity index (χ0) is 13.4. The van der Waals surface area contributed by atoms with Crippen molar-refractivity contribution in [1.29, 1.82) is 0 Å². The molecule has 0 bridgehead atoms. The Morgan fingerprint density at radius 1 is 1.11 bits per heavy atom. The van der Waals surface area contributed by atoms with Crippen LogP contribution in [0, 0.1) is 6.92 Å². The number of hydrogen-bond donors (Lipinski definition) is 1. The molecule has 0 unspecified atom stereocenters. The Balaban J connectivity index is 2.10. The minimum Gasteiger partial charge on any atom is -0.492 e. The summed E-state index contributed by atoms with van der Waals surface area (Å²) < 4.78 is 2.08. The lowest BCUT2D eigenvalue weighted by atomic mass is 10.2. The summed E-state index contributed by atoms with van der Waals surface area (Å²) in [4.78, 5) is 5.10. The second kappa shape index (κ2) is 4.55. The normalized spacial score (nSPS) is 10.8. The second-order valence-corrected chi connectivity index (χ2v) is 5.46. The summed E-state index contributed by atoms with van der Waals surface area (Å²) in [6, 6.07) is 13.9. The average molecular weight is 270 g/mol. The quantitative estimate of drug-likeness (QED) is 0.768. The maximum absolute atomic E-state index is 10.0. The third-order valence-electron chi connectivity index (χ3n) is 3.24. The van der Waals surface area contributed by atoms with Gasteiger partial charge < -0.3 is 9.67 Å². The van der Waals surface area contributed by atoms with E-state index in [4.69, 9.17) is 0 Å². The first-order valence-electron chi connectivity index (χ1n) is 6.04. The van der Waals surface area contributed by atoms with E-state index < -0.39 is 0 Å². The molecule has 0 aliphatic heterocycles. The highest BCUT2D eigenvalue weighted by molar-refractivity contribution is 7.18. The van der Waals surface area contributed by atoms with Crippen molar-refractivity contribution < 1.29 is 5.11 Å². The Labute approximate surface area is 115 Å². The molecule has 0 atom stereocenters. The van der Waals surface area contributed by atoms with Crippen molar-refractivity contribution in [2.75, 3.05) is 0 Å². The predicted molar refractivity (Wildman–Crippen MR) is 78.4 cm³/mol. The van der Waals surface area contributed by atoms with Gasteiger partial charge in [0, 0.05) is 12.7 Å². The molecule has 0 aliphatic carbocycles. The molecule has 0 aliphatic rings. The van der Waals surface area contributed by atoms with Crippen molar-refractivity contribution in [2.45, 2.75) is 6.92 Å². The van der Waals surface area contributed by atoms with Gasteiger partial charge in [0.1, 0.15) is 5.01 Å².